The molecule has 30 heavy (non-hydrogen) atoms. The van der Waals surface area contributed by atoms with Gasteiger partial charge in [0.2, 0.25) is 0 Å². The third kappa shape index (κ3) is 20.6. The first-order valence-corrected chi connectivity index (χ1v) is 13.2. The molecule has 1 N–H and O–H groups in total. The minimum Gasteiger partial charge on any atom is -0.481 e. The Morgan fingerprint density at radius 2 is 1.17 bits per heavy atom. The third-order valence-electron chi connectivity index (χ3n) is 5.71. The predicted octanol–water partition coefficient (Wildman–Crippen LogP) is 7.59. The van der Waals surface area contributed by atoms with E-state index in [-0.39, 0.29) is 12.4 Å². The summed E-state index contributed by atoms with van der Waals surface area (Å²) in [4.78, 5) is 23.0. The quantitative estimate of drug-likeness (QED) is 0.0967. The van der Waals surface area contributed by atoms with E-state index in [0.29, 0.717) is 25.2 Å². The van der Waals surface area contributed by atoms with Crippen molar-refractivity contribution in [1.82, 2.24) is 0 Å². The van der Waals surface area contributed by atoms with Gasteiger partial charge in [0.25, 0.3) is 0 Å². The minimum atomic E-state index is -0.928. The minimum absolute atomic E-state index is 0.127. The fourth-order valence-electron chi connectivity index (χ4n) is 3.81. The van der Waals surface area contributed by atoms with Crippen molar-refractivity contribution >= 4 is 24.6 Å². The number of thiol groups is 1. The molecule has 1 atom stereocenters. The molecule has 0 aliphatic carbocycles. The first-order valence-electron chi connectivity index (χ1n) is 12.6. The molecule has 5 heteroatoms. The second kappa shape index (κ2) is 23.0. The predicted molar refractivity (Wildman–Crippen MR) is 129 cm³/mol. The van der Waals surface area contributed by atoms with Crippen molar-refractivity contribution in [2.45, 2.75) is 129 Å². The number of aliphatic carboxylic acids is 1. The average Bonchev–Trinajstić information content (AvgIpc) is 2.72. The van der Waals surface area contributed by atoms with Crippen LogP contribution in [0.2, 0.25) is 0 Å². The molecule has 0 aromatic heterocycles. The van der Waals surface area contributed by atoms with Crippen LogP contribution in [-0.2, 0) is 14.3 Å². The van der Waals surface area contributed by atoms with Crippen molar-refractivity contribution in [2.24, 2.45) is 5.92 Å². The van der Waals surface area contributed by atoms with Crippen molar-refractivity contribution < 1.29 is 19.4 Å². The van der Waals surface area contributed by atoms with Gasteiger partial charge in [-0.2, -0.15) is 12.6 Å². The molecule has 0 aromatic carbocycles. The zero-order valence-electron chi connectivity index (χ0n) is 19.5. The van der Waals surface area contributed by atoms with Crippen LogP contribution < -0.4 is 0 Å². The van der Waals surface area contributed by atoms with Crippen LogP contribution in [0.4, 0.5) is 0 Å². The van der Waals surface area contributed by atoms with Gasteiger partial charge < -0.3 is 9.84 Å². The Labute approximate surface area is 191 Å². The Balaban J connectivity index is 3.52. The molecule has 0 bridgehead atoms. The Morgan fingerprint density at radius 1 is 0.733 bits per heavy atom. The smallest absolute Gasteiger partial charge is 0.309 e. The zero-order valence-corrected chi connectivity index (χ0v) is 20.4. The maximum Gasteiger partial charge on any atom is 0.309 e. The highest BCUT2D eigenvalue weighted by molar-refractivity contribution is 7.80. The van der Waals surface area contributed by atoms with E-state index in [2.05, 4.69) is 19.6 Å². The van der Waals surface area contributed by atoms with Gasteiger partial charge in [0, 0.05) is 0 Å². The van der Waals surface area contributed by atoms with Gasteiger partial charge in [0.15, 0.2) is 0 Å². The van der Waals surface area contributed by atoms with Gasteiger partial charge in [-0.05, 0) is 18.6 Å². The molecule has 0 fully saturated rings. The van der Waals surface area contributed by atoms with Crippen molar-refractivity contribution in [3.8, 4) is 0 Å². The van der Waals surface area contributed by atoms with Crippen LogP contribution in [0.5, 0.6) is 0 Å². The molecule has 0 aliphatic rings. The van der Waals surface area contributed by atoms with Gasteiger partial charge in [-0.1, -0.05) is 110 Å². The van der Waals surface area contributed by atoms with E-state index in [1.165, 1.54) is 89.9 Å². The SMILES string of the molecule is CCCCCCCCCCCCCCCCCCC(CC(=O)O)C(=O)OCCCS. The summed E-state index contributed by atoms with van der Waals surface area (Å²) in [7, 11) is 0. The maximum absolute atomic E-state index is 12.0. The molecule has 0 rings (SSSR count). The summed E-state index contributed by atoms with van der Waals surface area (Å²) in [6.45, 7) is 2.60. The van der Waals surface area contributed by atoms with Crippen molar-refractivity contribution in [1.29, 1.82) is 0 Å². The van der Waals surface area contributed by atoms with Gasteiger partial charge in [-0.3, -0.25) is 9.59 Å². The standard InChI is InChI=1S/C25H48O4S/c1-2-3-4-5-6-7-8-9-10-11-12-13-14-15-16-17-19-23(22-24(26)27)25(28)29-20-18-21-30/h23,30H,2-22H2,1H3,(H,26,27). The molecule has 0 aromatic rings. The van der Waals surface area contributed by atoms with Gasteiger partial charge in [0.1, 0.15) is 0 Å². The number of carboxylic acids is 1. The molecule has 1 unspecified atom stereocenters. The number of unbranched alkanes of at least 4 members (excludes halogenated alkanes) is 15. The summed E-state index contributed by atoms with van der Waals surface area (Å²) in [5, 5.41) is 9.02. The highest BCUT2D eigenvalue weighted by Crippen LogP contribution is 2.18. The van der Waals surface area contributed by atoms with Gasteiger partial charge >= 0.3 is 11.9 Å². The number of carbonyl (C=O) groups is 2. The van der Waals surface area contributed by atoms with Crippen LogP contribution >= 0.6 is 12.6 Å². The molecule has 0 saturated carbocycles. The van der Waals surface area contributed by atoms with Crippen LogP contribution in [0, 0.1) is 5.92 Å². The summed E-state index contributed by atoms with van der Waals surface area (Å²) >= 11 is 4.09. The molecular formula is C25H48O4S. The molecule has 0 heterocycles. The normalized spacial score (nSPS) is 12.1. The first kappa shape index (κ1) is 29.3. The second-order valence-corrected chi connectivity index (χ2v) is 9.08. The summed E-state index contributed by atoms with van der Waals surface area (Å²) in [6, 6.07) is 0. The van der Waals surface area contributed by atoms with Crippen LogP contribution in [0.1, 0.15) is 129 Å². The molecular weight excluding hydrogens is 396 g/mol. The molecule has 178 valence electrons. The molecule has 0 spiro atoms. The van der Waals surface area contributed by atoms with Crippen molar-refractivity contribution in [3.05, 3.63) is 0 Å². The van der Waals surface area contributed by atoms with Crippen molar-refractivity contribution in [3.63, 3.8) is 0 Å². The molecule has 0 radical (unpaired) electrons. The Hall–Kier alpha value is -0.710. The van der Waals surface area contributed by atoms with E-state index < -0.39 is 11.9 Å². The summed E-state index contributed by atoms with van der Waals surface area (Å²) in [5.74, 6) is -1.13. The van der Waals surface area contributed by atoms with Crippen LogP contribution in [0.25, 0.3) is 0 Å². The zero-order chi connectivity index (χ0) is 22.3. The van der Waals surface area contributed by atoms with Gasteiger partial charge in [-0.15, -0.1) is 0 Å². The lowest BCUT2D eigenvalue weighted by atomic mass is 9.97. The number of esters is 1. The number of hydrogen-bond donors (Lipinski definition) is 2. The van der Waals surface area contributed by atoms with Crippen LogP contribution in [-0.4, -0.2) is 29.4 Å². The fraction of sp³-hybridized carbons (Fsp3) is 0.920. The fourth-order valence-corrected chi connectivity index (χ4v) is 3.94. The van der Waals surface area contributed by atoms with Gasteiger partial charge in [0.05, 0.1) is 18.9 Å². The first-order chi connectivity index (χ1) is 14.6. The maximum atomic E-state index is 12.0. The molecule has 4 nitrogen and oxygen atoms in total. The van der Waals surface area contributed by atoms with Crippen LogP contribution in [0.15, 0.2) is 0 Å². The van der Waals surface area contributed by atoms with E-state index in [0.717, 1.165) is 12.8 Å². The Bertz CT molecular complexity index is 401. The number of carbonyl (C=O) groups excluding carboxylic acids is 1. The molecule has 0 saturated heterocycles. The van der Waals surface area contributed by atoms with E-state index in [4.69, 9.17) is 9.84 Å². The van der Waals surface area contributed by atoms with E-state index in [1.807, 2.05) is 0 Å². The number of hydrogen-bond acceptors (Lipinski definition) is 4. The van der Waals surface area contributed by atoms with Crippen LogP contribution in [0.3, 0.4) is 0 Å². The van der Waals surface area contributed by atoms with Gasteiger partial charge in [-0.25, -0.2) is 0 Å². The summed E-state index contributed by atoms with van der Waals surface area (Å²) < 4.78 is 5.17. The molecule has 0 amide bonds. The average molecular weight is 445 g/mol. The van der Waals surface area contributed by atoms with Crippen molar-refractivity contribution in [2.75, 3.05) is 12.4 Å². The monoisotopic (exact) mass is 444 g/mol. The second-order valence-electron chi connectivity index (χ2n) is 8.63. The lowest BCUT2D eigenvalue weighted by Crippen LogP contribution is -2.21. The number of ether oxygens (including phenoxy) is 1. The summed E-state index contributed by atoms with van der Waals surface area (Å²) in [5.41, 5.74) is 0. The number of rotatable bonds is 23. The Morgan fingerprint density at radius 3 is 1.57 bits per heavy atom. The highest BCUT2D eigenvalue weighted by atomic mass is 32.1. The Kier molecular flexibility index (Phi) is 22.4. The van der Waals surface area contributed by atoms with E-state index in [9.17, 15) is 9.59 Å². The highest BCUT2D eigenvalue weighted by Gasteiger charge is 2.22. The lowest BCUT2D eigenvalue weighted by Gasteiger charge is -2.14. The van der Waals surface area contributed by atoms with E-state index in [1.54, 1.807) is 0 Å². The third-order valence-corrected chi connectivity index (χ3v) is 6.02. The number of carboxylic acid groups (broad SMARTS) is 1. The lowest BCUT2D eigenvalue weighted by molar-refractivity contribution is -0.153. The molecule has 0 aliphatic heterocycles. The largest absolute Gasteiger partial charge is 0.481 e. The topological polar surface area (TPSA) is 63.6 Å². The summed E-state index contributed by atoms with van der Waals surface area (Å²) in [6.07, 6.45) is 22.1. The van der Waals surface area contributed by atoms with E-state index >= 15 is 0 Å².